The van der Waals surface area contributed by atoms with Crippen LogP contribution >= 0.6 is 0 Å². The summed E-state index contributed by atoms with van der Waals surface area (Å²) < 4.78 is 5.55. The number of aromatic nitrogens is 1. The summed E-state index contributed by atoms with van der Waals surface area (Å²) in [6.07, 6.45) is 10.3. The molecule has 1 aliphatic heterocycles. The normalized spacial score (nSPS) is 25.7. The van der Waals surface area contributed by atoms with Gasteiger partial charge in [-0.1, -0.05) is 12.5 Å². The minimum atomic E-state index is -0.123. The number of carbonyl (C=O) groups is 2. The second-order valence-electron chi connectivity index (χ2n) is 6.11. The molecule has 0 radical (unpaired) electrons. The maximum Gasteiger partial charge on any atom is 0.247 e. The van der Waals surface area contributed by atoms with Gasteiger partial charge in [-0.15, -0.1) is 0 Å². The summed E-state index contributed by atoms with van der Waals surface area (Å²) in [6.45, 7) is 1.54. The fourth-order valence-corrected chi connectivity index (χ4v) is 3.38. The van der Waals surface area contributed by atoms with E-state index in [1.807, 2.05) is 17.0 Å². The number of hydrogen-bond acceptors (Lipinski definition) is 4. The second kappa shape index (κ2) is 7.51. The Morgan fingerprint density at radius 1 is 1.39 bits per heavy atom. The molecule has 1 saturated heterocycles. The van der Waals surface area contributed by atoms with Gasteiger partial charge in [0.05, 0.1) is 19.3 Å². The molecule has 23 heavy (non-hydrogen) atoms. The maximum atomic E-state index is 12.6. The molecule has 2 fully saturated rings. The van der Waals surface area contributed by atoms with Gasteiger partial charge in [-0.25, -0.2) is 0 Å². The lowest BCUT2D eigenvalue weighted by atomic mass is 9.82. The molecule has 0 spiro atoms. The van der Waals surface area contributed by atoms with Crippen LogP contribution in [0.2, 0.25) is 0 Å². The van der Waals surface area contributed by atoms with Crippen LogP contribution in [0.1, 0.15) is 31.2 Å². The summed E-state index contributed by atoms with van der Waals surface area (Å²) in [5.74, 6) is 0.154. The molecule has 0 N–H and O–H groups in total. The van der Waals surface area contributed by atoms with Gasteiger partial charge in [-0.2, -0.15) is 0 Å². The molecule has 122 valence electrons. The molecule has 0 aromatic carbocycles. The summed E-state index contributed by atoms with van der Waals surface area (Å²) in [5, 5.41) is 0. The van der Waals surface area contributed by atoms with E-state index in [-0.39, 0.29) is 23.7 Å². The zero-order valence-corrected chi connectivity index (χ0v) is 13.2. The summed E-state index contributed by atoms with van der Waals surface area (Å²) >= 11 is 0. The highest BCUT2D eigenvalue weighted by Crippen LogP contribution is 2.28. The Balaban J connectivity index is 1.71. The quantitative estimate of drug-likeness (QED) is 0.802. The van der Waals surface area contributed by atoms with Gasteiger partial charge in [0.2, 0.25) is 5.91 Å². The molecule has 1 amide bonds. The number of nitrogens with zero attached hydrogens (tertiary/aromatic N) is 2. The van der Waals surface area contributed by atoms with Crippen molar-refractivity contribution in [3.8, 4) is 0 Å². The molecule has 1 aliphatic carbocycles. The Labute approximate surface area is 136 Å². The Morgan fingerprint density at radius 2 is 2.30 bits per heavy atom. The molecule has 1 aromatic rings. The summed E-state index contributed by atoms with van der Waals surface area (Å²) in [6, 6.07) is 3.61. The first kappa shape index (κ1) is 15.9. The lowest BCUT2D eigenvalue weighted by Gasteiger charge is -2.40. The van der Waals surface area contributed by atoms with E-state index in [2.05, 4.69) is 4.98 Å². The second-order valence-corrected chi connectivity index (χ2v) is 6.11. The van der Waals surface area contributed by atoms with Crippen LogP contribution in [0, 0.1) is 5.92 Å². The van der Waals surface area contributed by atoms with Gasteiger partial charge >= 0.3 is 0 Å². The maximum absolute atomic E-state index is 12.6. The lowest BCUT2D eigenvalue weighted by Crippen LogP contribution is -2.53. The number of morpholine rings is 1. The highest BCUT2D eigenvalue weighted by Gasteiger charge is 2.37. The number of pyridine rings is 1. The summed E-state index contributed by atoms with van der Waals surface area (Å²) in [5.41, 5.74) is 0.888. The smallest absolute Gasteiger partial charge is 0.247 e. The fourth-order valence-electron chi connectivity index (χ4n) is 3.38. The third-order valence-corrected chi connectivity index (χ3v) is 4.62. The number of amides is 1. The Kier molecular flexibility index (Phi) is 5.18. The summed E-state index contributed by atoms with van der Waals surface area (Å²) in [7, 11) is 0. The van der Waals surface area contributed by atoms with Crippen LogP contribution in [-0.4, -0.2) is 47.4 Å². The van der Waals surface area contributed by atoms with E-state index >= 15 is 0 Å². The fraction of sp³-hybridized carbons (Fsp3) is 0.500. The molecule has 5 nitrogen and oxygen atoms in total. The predicted octanol–water partition coefficient (Wildman–Crippen LogP) is 2.08. The van der Waals surface area contributed by atoms with Gasteiger partial charge in [-0.05, 0) is 30.5 Å². The molecule has 1 saturated carbocycles. The Hall–Kier alpha value is -2.01. The third kappa shape index (κ3) is 3.85. The number of hydrogen-bond donors (Lipinski definition) is 0. The molecule has 5 heteroatoms. The number of carbonyl (C=O) groups excluding carboxylic acids is 2. The average Bonchev–Trinajstić information content (AvgIpc) is 2.61. The van der Waals surface area contributed by atoms with Crippen LogP contribution in [0.5, 0.6) is 0 Å². The van der Waals surface area contributed by atoms with Crippen LogP contribution < -0.4 is 0 Å². The van der Waals surface area contributed by atoms with E-state index in [1.54, 1.807) is 24.5 Å². The van der Waals surface area contributed by atoms with Gasteiger partial charge in [0.1, 0.15) is 5.78 Å². The minimum absolute atomic E-state index is 0.0551. The van der Waals surface area contributed by atoms with Gasteiger partial charge < -0.3 is 9.64 Å². The Morgan fingerprint density at radius 3 is 3.09 bits per heavy atom. The van der Waals surface area contributed by atoms with Crippen molar-refractivity contribution in [1.82, 2.24) is 9.88 Å². The van der Waals surface area contributed by atoms with Crippen molar-refractivity contribution in [1.29, 1.82) is 0 Å². The molecule has 2 heterocycles. The van der Waals surface area contributed by atoms with Crippen LogP contribution in [0.25, 0.3) is 6.08 Å². The number of ether oxygens (including phenoxy) is 1. The third-order valence-electron chi connectivity index (χ3n) is 4.62. The standard InChI is InChI=1S/C18H22N2O3/c21-17-6-2-1-5-15(17)16-13-23-11-10-20(16)18(22)8-7-14-4-3-9-19-12-14/h3-4,7-9,12,15-16H,1-2,5-6,10-11,13H2/b8-7+. The van der Waals surface area contributed by atoms with E-state index in [0.717, 1.165) is 24.8 Å². The van der Waals surface area contributed by atoms with Crippen LogP contribution in [0.4, 0.5) is 0 Å². The largest absolute Gasteiger partial charge is 0.377 e. The first-order valence-electron chi connectivity index (χ1n) is 8.25. The monoisotopic (exact) mass is 314 g/mol. The average molecular weight is 314 g/mol. The number of ketones is 1. The molecule has 2 aliphatic rings. The van der Waals surface area contributed by atoms with E-state index in [0.29, 0.717) is 26.2 Å². The van der Waals surface area contributed by atoms with E-state index < -0.39 is 0 Å². The SMILES string of the molecule is O=C1CCCCC1C1COCCN1C(=O)/C=C/c1cccnc1. The lowest BCUT2D eigenvalue weighted by molar-refractivity contribution is -0.142. The van der Waals surface area contributed by atoms with Crippen LogP contribution in [0.15, 0.2) is 30.6 Å². The highest BCUT2D eigenvalue weighted by molar-refractivity contribution is 5.92. The van der Waals surface area contributed by atoms with E-state index in [1.165, 1.54) is 0 Å². The first-order chi connectivity index (χ1) is 11.3. The molecule has 3 rings (SSSR count). The van der Waals surface area contributed by atoms with Gasteiger partial charge in [0.25, 0.3) is 0 Å². The van der Waals surface area contributed by atoms with Crippen molar-refractivity contribution in [2.45, 2.75) is 31.7 Å². The number of Topliss-reactive ketones (excluding diaryl/α,β-unsaturated/α-hetero) is 1. The van der Waals surface area contributed by atoms with Crippen molar-refractivity contribution < 1.29 is 14.3 Å². The van der Waals surface area contributed by atoms with Crippen LogP contribution in [0.3, 0.4) is 0 Å². The van der Waals surface area contributed by atoms with Crippen LogP contribution in [-0.2, 0) is 14.3 Å². The molecule has 2 atom stereocenters. The van der Waals surface area contributed by atoms with Crippen molar-refractivity contribution in [3.63, 3.8) is 0 Å². The zero-order valence-electron chi connectivity index (χ0n) is 13.2. The van der Waals surface area contributed by atoms with Crippen molar-refractivity contribution >= 4 is 17.8 Å². The Bertz CT molecular complexity index is 585. The molecule has 2 unspecified atom stereocenters. The highest BCUT2D eigenvalue weighted by atomic mass is 16.5. The molecular weight excluding hydrogens is 292 g/mol. The molecule has 1 aromatic heterocycles. The summed E-state index contributed by atoms with van der Waals surface area (Å²) in [4.78, 5) is 30.6. The van der Waals surface area contributed by atoms with Crippen molar-refractivity contribution in [3.05, 3.63) is 36.2 Å². The van der Waals surface area contributed by atoms with Crippen molar-refractivity contribution in [2.24, 2.45) is 5.92 Å². The van der Waals surface area contributed by atoms with Gasteiger partial charge in [0.15, 0.2) is 0 Å². The zero-order chi connectivity index (χ0) is 16.1. The van der Waals surface area contributed by atoms with Crippen molar-refractivity contribution in [2.75, 3.05) is 19.8 Å². The van der Waals surface area contributed by atoms with E-state index in [9.17, 15) is 9.59 Å². The minimum Gasteiger partial charge on any atom is -0.377 e. The predicted molar refractivity (Wildman–Crippen MR) is 86.6 cm³/mol. The first-order valence-corrected chi connectivity index (χ1v) is 8.25. The molecule has 0 bridgehead atoms. The van der Waals surface area contributed by atoms with Gasteiger partial charge in [0, 0.05) is 37.4 Å². The topological polar surface area (TPSA) is 59.5 Å². The van der Waals surface area contributed by atoms with Gasteiger partial charge in [-0.3, -0.25) is 14.6 Å². The number of rotatable bonds is 3. The molecular formula is C18H22N2O3. The van der Waals surface area contributed by atoms with E-state index in [4.69, 9.17) is 4.74 Å².